The summed E-state index contributed by atoms with van der Waals surface area (Å²) in [5.74, 6) is 1.08. The molecule has 7 nitrogen and oxygen atoms in total. The van der Waals surface area contributed by atoms with E-state index in [1.807, 2.05) is 35.9 Å². The van der Waals surface area contributed by atoms with Crippen molar-refractivity contribution in [1.82, 2.24) is 24.5 Å². The SMILES string of the molecule is COc1cc(Nc2nc(Cl)c3scnc3n2)ccc1-n1cnc(C)c1. The normalized spacial score (nSPS) is 11.0. The Bertz CT molecular complexity index is 1060. The smallest absolute Gasteiger partial charge is 0.230 e. The highest BCUT2D eigenvalue weighted by atomic mass is 35.5. The lowest BCUT2D eigenvalue weighted by molar-refractivity contribution is 0.413. The molecule has 0 spiro atoms. The van der Waals surface area contributed by atoms with Crippen LogP contribution in [0.3, 0.4) is 0 Å². The van der Waals surface area contributed by atoms with Crippen LogP contribution in [0.25, 0.3) is 16.0 Å². The first-order valence-electron chi connectivity index (χ1n) is 7.37. The van der Waals surface area contributed by atoms with E-state index in [9.17, 15) is 0 Å². The van der Waals surface area contributed by atoms with Gasteiger partial charge in [-0.25, -0.2) is 9.97 Å². The van der Waals surface area contributed by atoms with E-state index in [4.69, 9.17) is 16.3 Å². The first-order valence-corrected chi connectivity index (χ1v) is 8.62. The number of aromatic nitrogens is 5. The molecule has 0 fully saturated rings. The average Bonchev–Trinajstić information content (AvgIpc) is 3.24. The van der Waals surface area contributed by atoms with E-state index < -0.39 is 0 Å². The Morgan fingerprint density at radius 3 is 2.88 bits per heavy atom. The Hall–Kier alpha value is -2.71. The molecule has 4 aromatic rings. The summed E-state index contributed by atoms with van der Waals surface area (Å²) in [5, 5.41) is 3.52. The van der Waals surface area contributed by atoms with Crippen molar-refractivity contribution in [1.29, 1.82) is 0 Å². The standard InChI is InChI=1S/C16H13ClN6OS/c1-9-6-23(7-18-9)11-4-3-10(5-12(11)24-2)20-16-21-14(17)13-15(22-16)19-8-25-13/h3-8H,1-2H3,(H,20,21,22). The van der Waals surface area contributed by atoms with Crippen LogP contribution in [0.2, 0.25) is 5.15 Å². The van der Waals surface area contributed by atoms with E-state index in [1.165, 1.54) is 11.3 Å². The minimum Gasteiger partial charge on any atom is -0.494 e. The zero-order chi connectivity index (χ0) is 17.4. The fraction of sp³-hybridized carbons (Fsp3) is 0.125. The van der Waals surface area contributed by atoms with Crippen LogP contribution in [0.5, 0.6) is 5.75 Å². The molecule has 126 valence electrons. The van der Waals surface area contributed by atoms with Crippen molar-refractivity contribution < 1.29 is 4.74 Å². The Kier molecular flexibility index (Phi) is 3.98. The highest BCUT2D eigenvalue weighted by molar-refractivity contribution is 7.17. The van der Waals surface area contributed by atoms with Gasteiger partial charge in [0.1, 0.15) is 10.4 Å². The maximum absolute atomic E-state index is 6.18. The number of anilines is 2. The summed E-state index contributed by atoms with van der Waals surface area (Å²) < 4.78 is 8.19. The van der Waals surface area contributed by atoms with Crippen LogP contribution in [0.15, 0.2) is 36.2 Å². The molecule has 0 aliphatic carbocycles. The van der Waals surface area contributed by atoms with E-state index in [1.54, 1.807) is 18.9 Å². The Morgan fingerprint density at radius 2 is 2.12 bits per heavy atom. The van der Waals surface area contributed by atoms with Crippen molar-refractivity contribution in [2.75, 3.05) is 12.4 Å². The van der Waals surface area contributed by atoms with Gasteiger partial charge in [0.25, 0.3) is 0 Å². The number of nitrogens with one attached hydrogen (secondary N) is 1. The maximum atomic E-state index is 6.18. The van der Waals surface area contributed by atoms with Crippen LogP contribution in [0.1, 0.15) is 5.69 Å². The lowest BCUT2D eigenvalue weighted by Gasteiger charge is -2.12. The van der Waals surface area contributed by atoms with Gasteiger partial charge in [0.05, 0.1) is 30.3 Å². The molecule has 0 bridgehead atoms. The third kappa shape index (κ3) is 3.01. The largest absolute Gasteiger partial charge is 0.494 e. The number of fused-ring (bicyclic) bond motifs is 1. The van der Waals surface area contributed by atoms with Crippen molar-refractivity contribution >= 4 is 44.9 Å². The van der Waals surface area contributed by atoms with Gasteiger partial charge in [-0.15, -0.1) is 11.3 Å². The summed E-state index contributed by atoms with van der Waals surface area (Å²) in [4.78, 5) is 17.1. The fourth-order valence-corrected chi connectivity index (χ4v) is 3.34. The summed E-state index contributed by atoms with van der Waals surface area (Å²) in [7, 11) is 1.63. The molecule has 9 heteroatoms. The minimum absolute atomic E-state index is 0.382. The average molecular weight is 373 g/mol. The highest BCUT2D eigenvalue weighted by Crippen LogP contribution is 2.29. The van der Waals surface area contributed by atoms with E-state index >= 15 is 0 Å². The summed E-state index contributed by atoms with van der Waals surface area (Å²) in [6.45, 7) is 1.94. The second-order valence-electron chi connectivity index (χ2n) is 5.28. The number of benzene rings is 1. The Labute approximate surface area is 152 Å². The molecule has 0 atom stereocenters. The molecule has 1 aromatic carbocycles. The van der Waals surface area contributed by atoms with Crippen molar-refractivity contribution in [3.8, 4) is 11.4 Å². The molecule has 0 aliphatic rings. The number of aryl methyl sites for hydroxylation is 1. The summed E-state index contributed by atoms with van der Waals surface area (Å²) in [6.07, 6.45) is 3.68. The predicted octanol–water partition coefficient (Wildman–Crippen LogP) is 3.99. The van der Waals surface area contributed by atoms with Crippen LogP contribution in [0, 0.1) is 6.92 Å². The number of nitrogens with zero attached hydrogens (tertiary/aromatic N) is 5. The number of imidazole rings is 1. The Morgan fingerprint density at radius 1 is 1.24 bits per heavy atom. The quantitative estimate of drug-likeness (QED) is 0.546. The van der Waals surface area contributed by atoms with E-state index in [-0.39, 0.29) is 0 Å². The van der Waals surface area contributed by atoms with Gasteiger partial charge in [-0.3, -0.25) is 0 Å². The van der Waals surface area contributed by atoms with Crippen molar-refractivity contribution in [2.24, 2.45) is 0 Å². The number of hydrogen-bond donors (Lipinski definition) is 1. The maximum Gasteiger partial charge on any atom is 0.230 e. The van der Waals surface area contributed by atoms with Crippen LogP contribution >= 0.6 is 22.9 Å². The lowest BCUT2D eigenvalue weighted by atomic mass is 10.2. The molecule has 1 N–H and O–H groups in total. The zero-order valence-corrected chi connectivity index (χ0v) is 15.0. The van der Waals surface area contributed by atoms with Gasteiger partial charge in [-0.2, -0.15) is 9.97 Å². The molecule has 3 heterocycles. The van der Waals surface area contributed by atoms with Gasteiger partial charge in [-0.05, 0) is 19.1 Å². The molecule has 3 aromatic heterocycles. The molecule has 0 amide bonds. The van der Waals surface area contributed by atoms with Crippen LogP contribution in [0.4, 0.5) is 11.6 Å². The topological polar surface area (TPSA) is 77.8 Å². The van der Waals surface area contributed by atoms with Gasteiger partial charge in [-0.1, -0.05) is 11.6 Å². The lowest BCUT2D eigenvalue weighted by Crippen LogP contribution is -2.00. The van der Waals surface area contributed by atoms with Gasteiger partial charge in [0.15, 0.2) is 10.8 Å². The third-order valence-electron chi connectivity index (χ3n) is 3.58. The first-order chi connectivity index (χ1) is 12.1. The molecule has 0 saturated heterocycles. The van der Waals surface area contributed by atoms with Crippen LogP contribution in [-0.4, -0.2) is 31.6 Å². The van der Waals surface area contributed by atoms with Gasteiger partial charge < -0.3 is 14.6 Å². The van der Waals surface area contributed by atoms with Crippen molar-refractivity contribution in [2.45, 2.75) is 6.92 Å². The zero-order valence-electron chi connectivity index (χ0n) is 13.4. The number of halogens is 1. The minimum atomic E-state index is 0.382. The van der Waals surface area contributed by atoms with Gasteiger partial charge >= 0.3 is 0 Å². The number of hydrogen-bond acceptors (Lipinski definition) is 7. The molecule has 0 unspecified atom stereocenters. The molecular weight excluding hydrogens is 360 g/mol. The molecule has 25 heavy (non-hydrogen) atoms. The van der Waals surface area contributed by atoms with E-state index in [0.29, 0.717) is 22.5 Å². The van der Waals surface area contributed by atoms with Gasteiger partial charge in [0.2, 0.25) is 5.95 Å². The second kappa shape index (κ2) is 6.30. The van der Waals surface area contributed by atoms with E-state index in [0.717, 1.165) is 21.8 Å². The summed E-state index contributed by atoms with van der Waals surface area (Å²) >= 11 is 7.59. The molecular formula is C16H13ClN6OS. The summed E-state index contributed by atoms with van der Waals surface area (Å²) in [6, 6.07) is 5.72. The molecule has 0 radical (unpaired) electrons. The summed E-state index contributed by atoms with van der Waals surface area (Å²) in [5.41, 5.74) is 4.87. The Balaban J connectivity index is 1.68. The monoisotopic (exact) mass is 372 g/mol. The van der Waals surface area contributed by atoms with Crippen LogP contribution < -0.4 is 10.1 Å². The number of thiazole rings is 1. The van der Waals surface area contributed by atoms with E-state index in [2.05, 4.69) is 25.3 Å². The van der Waals surface area contributed by atoms with Gasteiger partial charge in [0, 0.05) is 18.0 Å². The predicted molar refractivity (Wildman–Crippen MR) is 98.4 cm³/mol. The van der Waals surface area contributed by atoms with Crippen molar-refractivity contribution in [3.05, 3.63) is 47.1 Å². The number of rotatable bonds is 4. The van der Waals surface area contributed by atoms with Crippen molar-refractivity contribution in [3.63, 3.8) is 0 Å². The number of methoxy groups -OCH3 is 1. The second-order valence-corrected chi connectivity index (χ2v) is 6.49. The fourth-order valence-electron chi connectivity index (χ4n) is 2.44. The third-order valence-corrected chi connectivity index (χ3v) is 4.79. The number of ether oxygens (including phenoxy) is 1. The highest BCUT2D eigenvalue weighted by Gasteiger charge is 2.11. The molecule has 0 aliphatic heterocycles. The first kappa shape index (κ1) is 15.8. The van der Waals surface area contributed by atoms with Crippen LogP contribution in [-0.2, 0) is 0 Å². The molecule has 4 rings (SSSR count). The molecule has 0 saturated carbocycles.